The third kappa shape index (κ3) is 4.17. The molecule has 2 saturated heterocycles. The van der Waals surface area contributed by atoms with Gasteiger partial charge in [-0.2, -0.15) is 18.2 Å². The minimum absolute atomic E-state index is 0.0485. The van der Waals surface area contributed by atoms with Gasteiger partial charge >= 0.3 is 11.9 Å². The number of aromatic nitrogens is 3. The summed E-state index contributed by atoms with van der Waals surface area (Å²) in [6.07, 6.45) is 0.450. The summed E-state index contributed by atoms with van der Waals surface area (Å²) in [6, 6.07) is 5.18. The first-order valence-corrected chi connectivity index (χ1v) is 11.8. The summed E-state index contributed by atoms with van der Waals surface area (Å²) < 4.78 is 80.2. The van der Waals surface area contributed by atoms with Gasteiger partial charge < -0.3 is 14.4 Å². The highest BCUT2D eigenvalue weighted by Gasteiger charge is 2.51. The molecule has 0 atom stereocenters. The Morgan fingerprint density at radius 3 is 2.51 bits per heavy atom. The number of fused-ring (bicyclic) bond motifs is 3. The molecule has 0 amide bonds. The summed E-state index contributed by atoms with van der Waals surface area (Å²) in [5.41, 5.74) is -1.66. The van der Waals surface area contributed by atoms with Crippen LogP contribution in [0.2, 0.25) is 0 Å². The van der Waals surface area contributed by atoms with Crippen molar-refractivity contribution in [2.75, 3.05) is 11.4 Å². The number of halogens is 5. The average Bonchev–Trinajstić information content (AvgIpc) is 3.20. The molecular weight excluding hydrogens is 499 g/mol. The van der Waals surface area contributed by atoms with E-state index < -0.39 is 40.7 Å². The number of pyridine rings is 1. The van der Waals surface area contributed by atoms with E-state index >= 15 is 0 Å². The summed E-state index contributed by atoms with van der Waals surface area (Å²) in [7, 11) is 0. The van der Waals surface area contributed by atoms with Gasteiger partial charge in [-0.25, -0.2) is 13.6 Å². The fraction of sp³-hybridized carbons (Fsp3) is 0.400. The Balaban J connectivity index is 1.19. The van der Waals surface area contributed by atoms with Gasteiger partial charge in [0, 0.05) is 24.9 Å². The van der Waals surface area contributed by atoms with Gasteiger partial charge in [0.25, 0.3) is 0 Å². The molecule has 0 radical (unpaired) electrons. The number of hydrogen-bond acceptors (Lipinski definition) is 6. The second-order valence-corrected chi connectivity index (χ2v) is 9.75. The van der Waals surface area contributed by atoms with Crippen molar-refractivity contribution in [2.45, 2.75) is 50.6 Å². The third-order valence-electron chi connectivity index (χ3n) is 7.43. The lowest BCUT2D eigenvalue weighted by molar-refractivity contribution is -0.141. The molecule has 3 aliphatic heterocycles. The Hall–Kier alpha value is -3.70. The average molecular weight is 520 g/mol. The van der Waals surface area contributed by atoms with E-state index in [9.17, 15) is 26.7 Å². The molecule has 1 saturated carbocycles. The molecule has 0 N–H and O–H groups in total. The molecular formula is C25H21F5N4O3. The van der Waals surface area contributed by atoms with Crippen LogP contribution in [0.4, 0.5) is 27.8 Å². The monoisotopic (exact) mass is 520 g/mol. The maximum atomic E-state index is 14.6. The van der Waals surface area contributed by atoms with Crippen LogP contribution in [0.3, 0.4) is 0 Å². The van der Waals surface area contributed by atoms with Crippen molar-refractivity contribution in [3.05, 3.63) is 69.9 Å². The van der Waals surface area contributed by atoms with Gasteiger partial charge in [0.05, 0.1) is 12.1 Å². The zero-order valence-electron chi connectivity index (χ0n) is 19.4. The summed E-state index contributed by atoms with van der Waals surface area (Å²) in [5.74, 6) is -2.14. The number of rotatable bonds is 5. The molecule has 3 fully saturated rings. The third-order valence-corrected chi connectivity index (χ3v) is 7.43. The van der Waals surface area contributed by atoms with Gasteiger partial charge in [0.15, 0.2) is 17.4 Å². The molecule has 5 heterocycles. The van der Waals surface area contributed by atoms with E-state index in [0.29, 0.717) is 18.5 Å². The van der Waals surface area contributed by atoms with Crippen LogP contribution >= 0.6 is 0 Å². The highest BCUT2D eigenvalue weighted by atomic mass is 19.4. The fourth-order valence-electron chi connectivity index (χ4n) is 5.61. The molecule has 12 heteroatoms. The van der Waals surface area contributed by atoms with Gasteiger partial charge in [-0.15, -0.1) is 0 Å². The van der Waals surface area contributed by atoms with Crippen LogP contribution in [0.15, 0.2) is 41.3 Å². The second-order valence-electron chi connectivity index (χ2n) is 9.75. The summed E-state index contributed by atoms with van der Waals surface area (Å²) in [6.45, 7) is 1.19. The first kappa shape index (κ1) is 23.7. The van der Waals surface area contributed by atoms with E-state index in [0.717, 1.165) is 62.4 Å². The van der Waals surface area contributed by atoms with E-state index in [1.165, 1.54) is 0 Å². The molecule has 1 aliphatic carbocycles. The van der Waals surface area contributed by atoms with E-state index in [2.05, 4.69) is 14.9 Å². The first-order valence-electron chi connectivity index (χ1n) is 11.8. The zero-order valence-corrected chi connectivity index (χ0v) is 19.4. The Kier molecular flexibility index (Phi) is 5.39. The number of piperidine rings is 2. The van der Waals surface area contributed by atoms with Crippen LogP contribution in [0.25, 0.3) is 0 Å². The molecule has 7 rings (SSSR count). The van der Waals surface area contributed by atoms with Crippen molar-refractivity contribution in [1.82, 2.24) is 14.5 Å². The predicted octanol–water partition coefficient (Wildman–Crippen LogP) is 5.07. The van der Waals surface area contributed by atoms with Crippen LogP contribution < -0.4 is 20.1 Å². The first-order chi connectivity index (χ1) is 17.6. The standard InChI is InChI=1S/C25H21F5N4O3/c26-17-7-15(8-18(27)22(17)37-16-3-6-31-19(9-16)25(28,29)30)12-36-20-10-21-33(23(35)32-20)13-24-4-1-14(2-5-24)11-34(21)24/h3,6-10,14H,1-2,4-5,11-13H2. The van der Waals surface area contributed by atoms with Crippen molar-refractivity contribution in [2.24, 2.45) is 5.92 Å². The SMILES string of the molecule is O=c1nc(OCc2cc(F)c(Oc3ccnc(C(F)(F)F)c3)c(F)c2)cc2n1CC13CCC(CC1)CN23. The van der Waals surface area contributed by atoms with Gasteiger partial charge in [-0.3, -0.25) is 9.55 Å². The summed E-state index contributed by atoms with van der Waals surface area (Å²) >= 11 is 0. The molecule has 2 aromatic heterocycles. The molecule has 0 unspecified atom stereocenters. The highest BCUT2D eigenvalue weighted by molar-refractivity contribution is 5.51. The minimum atomic E-state index is -4.74. The second kappa shape index (κ2) is 8.42. The lowest BCUT2D eigenvalue weighted by atomic mass is 9.71. The fourth-order valence-corrected chi connectivity index (χ4v) is 5.61. The molecule has 1 spiro atoms. The van der Waals surface area contributed by atoms with Crippen molar-refractivity contribution >= 4 is 5.82 Å². The molecule has 37 heavy (non-hydrogen) atoms. The van der Waals surface area contributed by atoms with Gasteiger partial charge in [-0.05, 0) is 55.4 Å². The molecule has 7 nitrogen and oxygen atoms in total. The maximum Gasteiger partial charge on any atom is 0.433 e. The summed E-state index contributed by atoms with van der Waals surface area (Å²) in [5, 5.41) is 0. The largest absolute Gasteiger partial charge is 0.473 e. The normalized spacial score (nSPS) is 22.1. The van der Waals surface area contributed by atoms with Crippen LogP contribution in [0, 0.1) is 17.6 Å². The zero-order chi connectivity index (χ0) is 25.9. The number of anilines is 1. The van der Waals surface area contributed by atoms with Crippen LogP contribution in [-0.4, -0.2) is 26.6 Å². The highest BCUT2D eigenvalue weighted by Crippen LogP contribution is 2.49. The number of nitrogens with zero attached hydrogens (tertiary/aromatic N) is 4. The van der Waals surface area contributed by atoms with Gasteiger partial charge in [0.1, 0.15) is 23.9 Å². The van der Waals surface area contributed by atoms with Crippen molar-refractivity contribution in [3.8, 4) is 17.4 Å². The van der Waals surface area contributed by atoms with Crippen LogP contribution in [0.5, 0.6) is 17.4 Å². The topological polar surface area (TPSA) is 69.5 Å². The number of alkyl halides is 3. The predicted molar refractivity (Wildman–Crippen MR) is 121 cm³/mol. The smallest absolute Gasteiger partial charge is 0.433 e. The van der Waals surface area contributed by atoms with Gasteiger partial charge in [-0.1, -0.05) is 0 Å². The molecule has 4 aliphatic rings. The Labute approximate surface area is 207 Å². The summed E-state index contributed by atoms with van der Waals surface area (Å²) in [4.78, 5) is 22.2. The van der Waals surface area contributed by atoms with Gasteiger partial charge in [0.2, 0.25) is 5.88 Å². The van der Waals surface area contributed by atoms with E-state index in [-0.39, 0.29) is 23.6 Å². The Morgan fingerprint density at radius 2 is 1.81 bits per heavy atom. The van der Waals surface area contributed by atoms with E-state index in [1.54, 1.807) is 10.6 Å². The number of hydrogen-bond donors (Lipinski definition) is 0. The Morgan fingerprint density at radius 1 is 1.08 bits per heavy atom. The van der Waals surface area contributed by atoms with Crippen molar-refractivity contribution in [3.63, 3.8) is 0 Å². The quantitative estimate of drug-likeness (QED) is 0.438. The minimum Gasteiger partial charge on any atom is -0.473 e. The van der Waals surface area contributed by atoms with Crippen LogP contribution in [-0.2, 0) is 19.3 Å². The van der Waals surface area contributed by atoms with Crippen LogP contribution in [0.1, 0.15) is 36.9 Å². The van der Waals surface area contributed by atoms with Crippen molar-refractivity contribution < 1.29 is 31.4 Å². The Bertz CT molecular complexity index is 1410. The van der Waals surface area contributed by atoms with Crippen molar-refractivity contribution in [1.29, 1.82) is 0 Å². The van der Waals surface area contributed by atoms with E-state index in [1.807, 2.05) is 0 Å². The lowest BCUT2D eigenvalue weighted by Gasteiger charge is -2.51. The molecule has 2 bridgehead atoms. The van der Waals surface area contributed by atoms with E-state index in [4.69, 9.17) is 9.47 Å². The molecule has 194 valence electrons. The molecule has 1 aromatic carbocycles. The molecule has 3 aromatic rings. The number of benzene rings is 1. The number of ether oxygens (including phenoxy) is 2. The lowest BCUT2D eigenvalue weighted by Crippen LogP contribution is -2.57. The maximum absolute atomic E-state index is 14.6.